The molecule has 0 aliphatic rings. The fourth-order valence-corrected chi connectivity index (χ4v) is 1.56. The molecule has 0 amide bonds. The summed E-state index contributed by atoms with van der Waals surface area (Å²) in [6, 6.07) is 0. The molecule has 0 spiro atoms. The number of hydrogen-bond donors (Lipinski definition) is 0. The largest absolute Gasteiger partial charge is 0.379 e. The Kier molecular flexibility index (Phi) is 9.83. The predicted molar refractivity (Wildman–Crippen MR) is 81.1 cm³/mol. The summed E-state index contributed by atoms with van der Waals surface area (Å²) in [6.45, 7) is 11.1. The fraction of sp³-hybridized carbons (Fsp3) is 0.929. The van der Waals surface area contributed by atoms with E-state index in [1.54, 1.807) is 7.05 Å². The molecule has 0 rings (SSSR count). The second-order valence-corrected chi connectivity index (χ2v) is 5.40. The molecular weight excluding hydrogens is 242 g/mol. The number of ether oxygens (including phenoxy) is 2. The van der Waals surface area contributed by atoms with Crippen LogP contribution in [0.5, 0.6) is 0 Å². The normalized spacial score (nSPS) is 12.6. The van der Waals surface area contributed by atoms with E-state index in [0.717, 1.165) is 32.8 Å². The van der Waals surface area contributed by atoms with Gasteiger partial charge in [0.25, 0.3) is 0 Å². The maximum absolute atomic E-state index is 5.85. The van der Waals surface area contributed by atoms with Crippen molar-refractivity contribution in [1.82, 2.24) is 9.80 Å². The number of hydrogen-bond acceptors (Lipinski definition) is 4. The molecule has 0 saturated heterocycles. The van der Waals surface area contributed by atoms with Crippen LogP contribution in [-0.2, 0) is 9.47 Å². The van der Waals surface area contributed by atoms with Crippen LogP contribution >= 0.6 is 0 Å². The number of aliphatic imine (C=N–C) groups is 1. The molecule has 5 nitrogen and oxygen atoms in total. The minimum absolute atomic E-state index is 0.206. The molecule has 19 heavy (non-hydrogen) atoms. The van der Waals surface area contributed by atoms with Crippen LogP contribution in [0.25, 0.3) is 0 Å². The van der Waals surface area contributed by atoms with E-state index in [0.29, 0.717) is 6.61 Å². The number of likely N-dealkylation sites (N-methyl/N-ethyl adjacent to an activating group) is 2. The second kappa shape index (κ2) is 10.2. The van der Waals surface area contributed by atoms with E-state index >= 15 is 0 Å². The van der Waals surface area contributed by atoms with Gasteiger partial charge in [-0.05, 0) is 27.8 Å². The van der Waals surface area contributed by atoms with Crippen molar-refractivity contribution in [2.75, 3.05) is 60.6 Å². The van der Waals surface area contributed by atoms with Crippen molar-refractivity contribution in [2.45, 2.75) is 26.4 Å². The quantitative estimate of drug-likeness (QED) is 0.420. The van der Waals surface area contributed by atoms with E-state index < -0.39 is 0 Å². The maximum atomic E-state index is 5.85. The fourth-order valence-electron chi connectivity index (χ4n) is 1.56. The summed E-state index contributed by atoms with van der Waals surface area (Å²) < 4.78 is 11.3. The highest BCUT2D eigenvalue weighted by Gasteiger charge is 2.18. The molecule has 0 unspecified atom stereocenters. The Morgan fingerprint density at radius 3 is 2.42 bits per heavy atom. The van der Waals surface area contributed by atoms with Crippen molar-refractivity contribution in [1.29, 1.82) is 0 Å². The zero-order chi connectivity index (χ0) is 14.7. The van der Waals surface area contributed by atoms with Crippen LogP contribution in [0, 0.1) is 0 Å². The Balaban J connectivity index is 3.70. The molecule has 0 saturated carbocycles. The predicted octanol–water partition coefficient (Wildman–Crippen LogP) is 1.34. The molecule has 0 aromatic heterocycles. The number of nitrogens with zero attached hydrogens (tertiary/aromatic N) is 3. The van der Waals surface area contributed by atoms with Crippen LogP contribution in [0.2, 0.25) is 0 Å². The third-order valence-corrected chi connectivity index (χ3v) is 2.77. The van der Waals surface area contributed by atoms with Crippen LogP contribution in [0.4, 0.5) is 0 Å². The molecule has 0 bridgehead atoms. The maximum Gasteiger partial charge on any atom is 0.0859 e. The second-order valence-electron chi connectivity index (χ2n) is 5.40. The SMILES string of the molecule is CCOCC(C)(C)OCCN(C)CCN(C)C=NC. The molecule has 0 aromatic rings. The van der Waals surface area contributed by atoms with E-state index in [1.807, 2.05) is 20.3 Å². The third kappa shape index (κ3) is 10.9. The first-order valence-corrected chi connectivity index (χ1v) is 6.94. The highest BCUT2D eigenvalue weighted by molar-refractivity contribution is 5.53. The van der Waals surface area contributed by atoms with Gasteiger partial charge in [-0.25, -0.2) is 0 Å². The smallest absolute Gasteiger partial charge is 0.0859 e. The number of rotatable bonds is 11. The lowest BCUT2D eigenvalue weighted by Gasteiger charge is -2.27. The average molecular weight is 273 g/mol. The van der Waals surface area contributed by atoms with Gasteiger partial charge in [0.15, 0.2) is 0 Å². The first-order valence-electron chi connectivity index (χ1n) is 6.94. The minimum Gasteiger partial charge on any atom is -0.379 e. The molecule has 0 fully saturated rings. The van der Waals surface area contributed by atoms with Crippen molar-refractivity contribution in [2.24, 2.45) is 4.99 Å². The molecule has 0 heterocycles. The summed E-state index contributed by atoms with van der Waals surface area (Å²) >= 11 is 0. The molecule has 0 atom stereocenters. The van der Waals surface area contributed by atoms with Gasteiger partial charge in [0.1, 0.15) is 0 Å². The molecule has 114 valence electrons. The molecule has 0 aromatic carbocycles. The lowest BCUT2D eigenvalue weighted by Crippen LogP contribution is -2.36. The standard InChI is InChI=1S/C14H31N3O2/c1-7-18-12-14(2,3)19-11-10-16(5)8-9-17(6)13-15-4/h13H,7-12H2,1-6H3. The van der Waals surface area contributed by atoms with Gasteiger partial charge in [0.05, 0.1) is 25.2 Å². The average Bonchev–Trinajstić information content (AvgIpc) is 2.34. The van der Waals surface area contributed by atoms with Crippen molar-refractivity contribution in [3.8, 4) is 0 Å². The first kappa shape index (κ1) is 18.4. The molecule has 0 aliphatic heterocycles. The minimum atomic E-state index is -0.206. The van der Waals surface area contributed by atoms with Crippen molar-refractivity contribution >= 4 is 6.34 Å². The summed E-state index contributed by atoms with van der Waals surface area (Å²) in [5.74, 6) is 0. The lowest BCUT2D eigenvalue weighted by atomic mass is 10.1. The summed E-state index contributed by atoms with van der Waals surface area (Å²) in [4.78, 5) is 8.32. The molecule has 0 N–H and O–H groups in total. The van der Waals surface area contributed by atoms with Gasteiger partial charge in [0, 0.05) is 40.3 Å². The zero-order valence-electron chi connectivity index (χ0n) is 13.5. The van der Waals surface area contributed by atoms with E-state index in [1.165, 1.54) is 0 Å². The van der Waals surface area contributed by atoms with E-state index in [9.17, 15) is 0 Å². The Morgan fingerprint density at radius 2 is 1.84 bits per heavy atom. The summed E-state index contributed by atoms with van der Waals surface area (Å²) in [6.07, 6.45) is 1.84. The molecule has 0 radical (unpaired) electrons. The molecular formula is C14H31N3O2. The van der Waals surface area contributed by atoms with E-state index in [2.05, 4.69) is 35.7 Å². The van der Waals surface area contributed by atoms with Gasteiger partial charge in [-0.3, -0.25) is 4.99 Å². The van der Waals surface area contributed by atoms with Crippen LogP contribution in [-0.4, -0.2) is 82.3 Å². The summed E-state index contributed by atoms with van der Waals surface area (Å²) in [5.41, 5.74) is -0.206. The highest BCUT2D eigenvalue weighted by Crippen LogP contribution is 2.09. The summed E-state index contributed by atoms with van der Waals surface area (Å²) in [5, 5.41) is 0. The van der Waals surface area contributed by atoms with Gasteiger partial charge in [-0.1, -0.05) is 0 Å². The van der Waals surface area contributed by atoms with Crippen LogP contribution in [0.3, 0.4) is 0 Å². The van der Waals surface area contributed by atoms with Crippen molar-refractivity contribution < 1.29 is 9.47 Å². The topological polar surface area (TPSA) is 37.3 Å². The summed E-state index contributed by atoms with van der Waals surface area (Å²) in [7, 11) is 5.92. The Labute approximate surface area is 118 Å². The van der Waals surface area contributed by atoms with Crippen LogP contribution in [0.15, 0.2) is 4.99 Å². The van der Waals surface area contributed by atoms with Gasteiger partial charge < -0.3 is 19.3 Å². The van der Waals surface area contributed by atoms with E-state index in [-0.39, 0.29) is 5.60 Å². The van der Waals surface area contributed by atoms with Gasteiger partial charge >= 0.3 is 0 Å². The Bertz CT molecular complexity index is 245. The Hall–Kier alpha value is -0.650. The van der Waals surface area contributed by atoms with Crippen molar-refractivity contribution in [3.05, 3.63) is 0 Å². The van der Waals surface area contributed by atoms with Gasteiger partial charge in [0.2, 0.25) is 0 Å². The highest BCUT2D eigenvalue weighted by atomic mass is 16.5. The zero-order valence-corrected chi connectivity index (χ0v) is 13.5. The lowest BCUT2D eigenvalue weighted by molar-refractivity contribution is -0.0764. The monoisotopic (exact) mass is 273 g/mol. The van der Waals surface area contributed by atoms with Gasteiger partial charge in [-0.2, -0.15) is 0 Å². The van der Waals surface area contributed by atoms with Crippen LogP contribution < -0.4 is 0 Å². The van der Waals surface area contributed by atoms with Crippen molar-refractivity contribution in [3.63, 3.8) is 0 Å². The first-order chi connectivity index (χ1) is 8.91. The van der Waals surface area contributed by atoms with Gasteiger partial charge in [-0.15, -0.1) is 0 Å². The van der Waals surface area contributed by atoms with E-state index in [4.69, 9.17) is 9.47 Å². The van der Waals surface area contributed by atoms with Crippen LogP contribution in [0.1, 0.15) is 20.8 Å². The molecule has 5 heteroatoms. The Morgan fingerprint density at radius 1 is 1.16 bits per heavy atom. The third-order valence-electron chi connectivity index (χ3n) is 2.77. The molecule has 0 aliphatic carbocycles.